The third kappa shape index (κ3) is 4.11. The first kappa shape index (κ1) is 19.4. The van der Waals surface area contributed by atoms with Crippen LogP contribution in [0.1, 0.15) is 28.5 Å². The van der Waals surface area contributed by atoms with Gasteiger partial charge in [0.2, 0.25) is 0 Å². The van der Waals surface area contributed by atoms with Crippen LogP contribution in [0.2, 0.25) is 0 Å². The lowest BCUT2D eigenvalue weighted by Crippen LogP contribution is -2.21. The third-order valence-corrected chi connectivity index (χ3v) is 4.46. The van der Waals surface area contributed by atoms with Gasteiger partial charge in [0.15, 0.2) is 6.61 Å². The minimum absolute atomic E-state index is 0.381. The van der Waals surface area contributed by atoms with E-state index in [0.717, 1.165) is 22.2 Å². The molecule has 144 valence electrons. The fourth-order valence-corrected chi connectivity index (χ4v) is 3.07. The van der Waals surface area contributed by atoms with Gasteiger partial charge in [-0.15, -0.1) is 0 Å². The fourth-order valence-electron chi connectivity index (χ4n) is 3.07. The number of hydrogen-bond acceptors (Lipinski definition) is 5. The van der Waals surface area contributed by atoms with Crippen LogP contribution in [0.15, 0.2) is 48.5 Å². The Kier molecular flexibility index (Phi) is 5.89. The van der Waals surface area contributed by atoms with Crippen molar-refractivity contribution in [2.45, 2.75) is 20.3 Å². The second-order valence-corrected chi connectivity index (χ2v) is 6.29. The quantitative estimate of drug-likeness (QED) is 0.658. The van der Waals surface area contributed by atoms with Crippen molar-refractivity contribution in [2.75, 3.05) is 19.0 Å². The summed E-state index contributed by atoms with van der Waals surface area (Å²) in [6, 6.07) is 14.4. The lowest BCUT2D eigenvalue weighted by atomic mass is 10.0. The number of fused-ring (bicyclic) bond motifs is 1. The maximum Gasteiger partial charge on any atom is 0.339 e. The molecular weight excluding hydrogens is 356 g/mol. The Labute approximate surface area is 163 Å². The van der Waals surface area contributed by atoms with Gasteiger partial charge in [0.1, 0.15) is 5.75 Å². The summed E-state index contributed by atoms with van der Waals surface area (Å²) in [4.78, 5) is 29.5. The van der Waals surface area contributed by atoms with Gasteiger partial charge in [-0.25, -0.2) is 4.79 Å². The highest BCUT2D eigenvalue weighted by atomic mass is 16.5. The minimum Gasteiger partial charge on any atom is -0.497 e. The monoisotopic (exact) mass is 378 g/mol. The topological polar surface area (TPSA) is 77.5 Å². The average Bonchev–Trinajstić information content (AvgIpc) is 2.71. The largest absolute Gasteiger partial charge is 0.497 e. The molecule has 0 atom stereocenters. The van der Waals surface area contributed by atoms with E-state index in [4.69, 9.17) is 9.47 Å². The molecule has 0 spiro atoms. The Morgan fingerprint density at radius 2 is 1.89 bits per heavy atom. The normalized spacial score (nSPS) is 10.5. The van der Waals surface area contributed by atoms with E-state index in [1.54, 1.807) is 31.4 Å². The number of anilines is 1. The molecule has 3 rings (SSSR count). The first-order valence-electron chi connectivity index (χ1n) is 9.02. The van der Waals surface area contributed by atoms with E-state index in [1.165, 1.54) is 0 Å². The summed E-state index contributed by atoms with van der Waals surface area (Å²) in [5.41, 5.74) is 3.37. The Hall–Kier alpha value is -3.41. The second-order valence-electron chi connectivity index (χ2n) is 6.29. The van der Waals surface area contributed by atoms with Crippen LogP contribution in [0, 0.1) is 6.92 Å². The number of aromatic nitrogens is 1. The number of rotatable bonds is 6. The van der Waals surface area contributed by atoms with E-state index in [1.807, 2.05) is 38.1 Å². The standard InChI is InChI=1S/C22H22N2O4/c1-4-18-14(2)21(17-10-5-6-11-19(17)24-18)22(26)28-13-20(25)23-15-8-7-9-16(12-15)27-3/h5-12H,4,13H2,1-3H3,(H,23,25). The number of hydrogen-bond donors (Lipinski definition) is 1. The number of ether oxygens (including phenoxy) is 2. The number of carbonyl (C=O) groups excluding carboxylic acids is 2. The van der Waals surface area contributed by atoms with E-state index in [-0.39, 0.29) is 6.61 Å². The number of benzene rings is 2. The molecule has 0 aliphatic heterocycles. The molecular formula is C22H22N2O4. The lowest BCUT2D eigenvalue weighted by molar-refractivity contribution is -0.119. The number of esters is 1. The highest BCUT2D eigenvalue weighted by molar-refractivity contribution is 6.05. The van der Waals surface area contributed by atoms with Gasteiger partial charge in [-0.05, 0) is 37.1 Å². The molecule has 0 unspecified atom stereocenters. The van der Waals surface area contributed by atoms with Crippen LogP contribution in [0.3, 0.4) is 0 Å². The van der Waals surface area contributed by atoms with Crippen molar-refractivity contribution >= 4 is 28.5 Å². The number of aryl methyl sites for hydroxylation is 1. The first-order chi connectivity index (χ1) is 13.5. The fraction of sp³-hybridized carbons (Fsp3) is 0.227. The molecule has 1 N–H and O–H groups in total. The van der Waals surface area contributed by atoms with Gasteiger partial charge in [-0.2, -0.15) is 0 Å². The van der Waals surface area contributed by atoms with Crippen molar-refractivity contribution < 1.29 is 19.1 Å². The molecule has 0 saturated carbocycles. The zero-order valence-electron chi connectivity index (χ0n) is 16.1. The van der Waals surface area contributed by atoms with Crippen molar-refractivity contribution in [3.8, 4) is 5.75 Å². The van der Waals surface area contributed by atoms with Crippen LogP contribution in [0.5, 0.6) is 5.75 Å². The van der Waals surface area contributed by atoms with Crippen molar-refractivity contribution in [1.29, 1.82) is 0 Å². The predicted molar refractivity (Wildman–Crippen MR) is 108 cm³/mol. The van der Waals surface area contributed by atoms with Gasteiger partial charge in [0.25, 0.3) is 5.91 Å². The molecule has 0 aliphatic carbocycles. The van der Waals surface area contributed by atoms with Gasteiger partial charge >= 0.3 is 5.97 Å². The Morgan fingerprint density at radius 3 is 2.64 bits per heavy atom. The molecule has 1 amide bonds. The molecule has 0 fully saturated rings. The van der Waals surface area contributed by atoms with Crippen LogP contribution in [-0.4, -0.2) is 30.6 Å². The number of amides is 1. The second kappa shape index (κ2) is 8.52. The van der Waals surface area contributed by atoms with Gasteiger partial charge in [-0.3, -0.25) is 9.78 Å². The van der Waals surface area contributed by atoms with Gasteiger partial charge in [0, 0.05) is 22.8 Å². The van der Waals surface area contributed by atoms with Crippen molar-refractivity contribution in [1.82, 2.24) is 4.98 Å². The average molecular weight is 378 g/mol. The molecule has 0 aliphatic rings. The van der Waals surface area contributed by atoms with Crippen molar-refractivity contribution in [3.05, 3.63) is 65.4 Å². The molecule has 2 aromatic carbocycles. The molecule has 28 heavy (non-hydrogen) atoms. The third-order valence-electron chi connectivity index (χ3n) is 4.46. The number of methoxy groups -OCH3 is 1. The number of nitrogens with zero attached hydrogens (tertiary/aromatic N) is 1. The van der Waals surface area contributed by atoms with E-state index >= 15 is 0 Å². The van der Waals surface area contributed by atoms with Crippen LogP contribution >= 0.6 is 0 Å². The molecule has 1 aromatic heterocycles. The van der Waals surface area contributed by atoms with Crippen molar-refractivity contribution in [2.24, 2.45) is 0 Å². The van der Waals surface area contributed by atoms with E-state index < -0.39 is 11.9 Å². The zero-order chi connectivity index (χ0) is 20.1. The lowest BCUT2D eigenvalue weighted by Gasteiger charge is -2.13. The summed E-state index contributed by atoms with van der Waals surface area (Å²) < 4.78 is 10.4. The van der Waals surface area contributed by atoms with Crippen LogP contribution in [0.4, 0.5) is 5.69 Å². The summed E-state index contributed by atoms with van der Waals surface area (Å²) in [6.45, 7) is 3.46. The summed E-state index contributed by atoms with van der Waals surface area (Å²) >= 11 is 0. The van der Waals surface area contributed by atoms with Crippen LogP contribution in [0.25, 0.3) is 10.9 Å². The maximum absolute atomic E-state index is 12.8. The highest BCUT2D eigenvalue weighted by Gasteiger charge is 2.19. The first-order valence-corrected chi connectivity index (χ1v) is 9.02. The smallest absolute Gasteiger partial charge is 0.339 e. The number of nitrogens with one attached hydrogen (secondary N) is 1. The van der Waals surface area contributed by atoms with Gasteiger partial charge < -0.3 is 14.8 Å². The van der Waals surface area contributed by atoms with E-state index in [9.17, 15) is 9.59 Å². The summed E-state index contributed by atoms with van der Waals surface area (Å²) in [6.07, 6.45) is 0.702. The molecule has 6 heteroatoms. The van der Waals surface area contributed by atoms with Gasteiger partial charge in [0.05, 0.1) is 18.2 Å². The molecule has 1 heterocycles. The van der Waals surface area contributed by atoms with E-state index in [0.29, 0.717) is 23.4 Å². The molecule has 3 aromatic rings. The van der Waals surface area contributed by atoms with Crippen LogP contribution < -0.4 is 10.1 Å². The SMILES string of the molecule is CCc1nc2ccccc2c(C(=O)OCC(=O)Nc2cccc(OC)c2)c1C. The molecule has 0 saturated heterocycles. The Morgan fingerprint density at radius 1 is 1.11 bits per heavy atom. The number of para-hydroxylation sites is 1. The molecule has 6 nitrogen and oxygen atoms in total. The number of carbonyl (C=O) groups is 2. The van der Waals surface area contributed by atoms with E-state index in [2.05, 4.69) is 10.3 Å². The zero-order valence-corrected chi connectivity index (χ0v) is 16.1. The number of pyridine rings is 1. The Bertz CT molecular complexity index is 1030. The molecule has 0 bridgehead atoms. The highest BCUT2D eigenvalue weighted by Crippen LogP contribution is 2.24. The van der Waals surface area contributed by atoms with Crippen LogP contribution in [-0.2, 0) is 16.0 Å². The Balaban J connectivity index is 1.76. The molecule has 0 radical (unpaired) electrons. The maximum atomic E-state index is 12.8. The summed E-state index contributed by atoms with van der Waals surface area (Å²) in [7, 11) is 1.55. The van der Waals surface area contributed by atoms with Crippen molar-refractivity contribution in [3.63, 3.8) is 0 Å². The predicted octanol–water partition coefficient (Wildman–Crippen LogP) is 3.91. The minimum atomic E-state index is -0.536. The van der Waals surface area contributed by atoms with Gasteiger partial charge in [-0.1, -0.05) is 31.2 Å². The summed E-state index contributed by atoms with van der Waals surface area (Å²) in [5, 5.41) is 3.41. The summed E-state index contributed by atoms with van der Waals surface area (Å²) in [5.74, 6) is -0.333.